The van der Waals surface area contributed by atoms with Gasteiger partial charge in [-0.15, -0.1) is 13.2 Å². The SMILES string of the molecule is O=C(Nc1nc2ccc(OC(F)(F)F)cc2s1)c1ccccn1. The lowest BCUT2D eigenvalue weighted by atomic mass is 10.3. The van der Waals surface area contributed by atoms with E-state index in [1.165, 1.54) is 30.5 Å². The van der Waals surface area contributed by atoms with Crippen molar-refractivity contribution in [3.63, 3.8) is 0 Å². The first kappa shape index (κ1) is 15.2. The van der Waals surface area contributed by atoms with Gasteiger partial charge in [0, 0.05) is 12.3 Å². The van der Waals surface area contributed by atoms with Crippen molar-refractivity contribution in [3.8, 4) is 5.75 Å². The zero-order valence-electron chi connectivity index (χ0n) is 11.3. The molecular formula is C14H8F3N3O2S. The van der Waals surface area contributed by atoms with Crippen LogP contribution in [0.15, 0.2) is 42.6 Å². The van der Waals surface area contributed by atoms with Gasteiger partial charge in [0.05, 0.1) is 10.2 Å². The second-order valence-electron chi connectivity index (χ2n) is 4.37. The van der Waals surface area contributed by atoms with Gasteiger partial charge in [0.1, 0.15) is 11.4 Å². The van der Waals surface area contributed by atoms with Crippen LogP contribution in [0, 0.1) is 0 Å². The van der Waals surface area contributed by atoms with Crippen molar-refractivity contribution in [2.75, 3.05) is 5.32 Å². The highest BCUT2D eigenvalue weighted by Gasteiger charge is 2.31. The van der Waals surface area contributed by atoms with E-state index in [1.807, 2.05) is 0 Å². The number of alkyl halides is 3. The fourth-order valence-corrected chi connectivity index (χ4v) is 2.70. The first-order valence-electron chi connectivity index (χ1n) is 6.29. The number of hydrogen-bond donors (Lipinski definition) is 1. The number of nitrogens with zero attached hydrogens (tertiary/aromatic N) is 2. The molecule has 0 aliphatic heterocycles. The quantitative estimate of drug-likeness (QED) is 0.787. The van der Waals surface area contributed by atoms with Crippen molar-refractivity contribution in [1.29, 1.82) is 0 Å². The van der Waals surface area contributed by atoms with Crippen LogP contribution >= 0.6 is 11.3 Å². The highest BCUT2D eigenvalue weighted by molar-refractivity contribution is 7.22. The van der Waals surface area contributed by atoms with E-state index in [-0.39, 0.29) is 16.6 Å². The van der Waals surface area contributed by atoms with Gasteiger partial charge < -0.3 is 4.74 Å². The number of halogens is 3. The number of amides is 1. The van der Waals surface area contributed by atoms with Gasteiger partial charge in [-0.2, -0.15) is 0 Å². The van der Waals surface area contributed by atoms with Gasteiger partial charge in [-0.05, 0) is 24.3 Å². The molecule has 0 aliphatic rings. The van der Waals surface area contributed by atoms with Crippen molar-refractivity contribution >= 4 is 32.6 Å². The summed E-state index contributed by atoms with van der Waals surface area (Å²) in [6.45, 7) is 0. The topological polar surface area (TPSA) is 64.1 Å². The molecule has 3 rings (SSSR count). The Kier molecular flexibility index (Phi) is 3.87. The van der Waals surface area contributed by atoms with Crippen LogP contribution in [0.3, 0.4) is 0 Å². The molecule has 5 nitrogen and oxygen atoms in total. The monoisotopic (exact) mass is 339 g/mol. The Labute approximate surface area is 131 Å². The first-order valence-corrected chi connectivity index (χ1v) is 7.11. The standard InChI is InChI=1S/C14H8F3N3O2S/c15-14(16,17)22-8-4-5-9-11(7-8)23-13(19-9)20-12(21)10-3-1-2-6-18-10/h1-7H,(H,19,20,21). The zero-order valence-corrected chi connectivity index (χ0v) is 12.1. The highest BCUT2D eigenvalue weighted by atomic mass is 32.1. The summed E-state index contributed by atoms with van der Waals surface area (Å²) in [5.41, 5.74) is 0.675. The summed E-state index contributed by atoms with van der Waals surface area (Å²) >= 11 is 1.04. The van der Waals surface area contributed by atoms with Crippen LogP contribution in [-0.2, 0) is 0 Å². The molecular weight excluding hydrogens is 331 g/mol. The number of ether oxygens (including phenoxy) is 1. The van der Waals surface area contributed by atoms with Gasteiger partial charge in [-0.1, -0.05) is 17.4 Å². The lowest BCUT2D eigenvalue weighted by molar-refractivity contribution is -0.274. The number of hydrogen-bond acceptors (Lipinski definition) is 5. The predicted octanol–water partition coefficient (Wildman–Crippen LogP) is 3.84. The average Bonchev–Trinajstić information content (AvgIpc) is 2.88. The van der Waals surface area contributed by atoms with Crippen LogP contribution in [0.25, 0.3) is 10.2 Å². The number of anilines is 1. The number of aromatic nitrogens is 2. The molecule has 0 fully saturated rings. The van der Waals surface area contributed by atoms with E-state index in [4.69, 9.17) is 0 Å². The molecule has 9 heteroatoms. The summed E-state index contributed by atoms with van der Waals surface area (Å²) in [5, 5.41) is 2.82. The van der Waals surface area contributed by atoms with Crippen LogP contribution in [0.1, 0.15) is 10.5 Å². The summed E-state index contributed by atoms with van der Waals surface area (Å²) in [4.78, 5) is 20.0. The Morgan fingerprint density at radius 3 is 2.74 bits per heavy atom. The van der Waals surface area contributed by atoms with E-state index in [9.17, 15) is 18.0 Å². The predicted molar refractivity (Wildman–Crippen MR) is 78.5 cm³/mol. The number of carbonyl (C=O) groups excluding carboxylic acids is 1. The third kappa shape index (κ3) is 3.75. The number of benzene rings is 1. The molecule has 1 N–H and O–H groups in total. The maximum absolute atomic E-state index is 12.2. The van der Waals surface area contributed by atoms with Gasteiger partial charge in [0.2, 0.25) is 0 Å². The van der Waals surface area contributed by atoms with Gasteiger partial charge in [0.15, 0.2) is 5.13 Å². The Balaban J connectivity index is 1.81. The molecule has 2 aromatic heterocycles. The number of nitrogens with one attached hydrogen (secondary N) is 1. The number of fused-ring (bicyclic) bond motifs is 1. The molecule has 1 aromatic carbocycles. The van der Waals surface area contributed by atoms with Gasteiger partial charge >= 0.3 is 6.36 Å². The smallest absolute Gasteiger partial charge is 0.406 e. The second-order valence-corrected chi connectivity index (χ2v) is 5.40. The van der Waals surface area contributed by atoms with Crippen LogP contribution in [-0.4, -0.2) is 22.2 Å². The summed E-state index contributed by atoms with van der Waals surface area (Å²) in [6.07, 6.45) is -3.28. The minimum absolute atomic E-state index is 0.216. The zero-order chi connectivity index (χ0) is 16.4. The van der Waals surface area contributed by atoms with E-state index in [1.54, 1.807) is 12.1 Å². The van der Waals surface area contributed by atoms with Crippen molar-refractivity contribution < 1.29 is 22.7 Å². The number of rotatable bonds is 3. The first-order chi connectivity index (χ1) is 10.9. The third-order valence-corrected chi connectivity index (χ3v) is 3.65. The van der Waals surface area contributed by atoms with Crippen molar-refractivity contribution in [3.05, 3.63) is 48.3 Å². The van der Waals surface area contributed by atoms with Gasteiger partial charge in [-0.25, -0.2) is 4.98 Å². The number of pyridine rings is 1. The van der Waals surface area contributed by atoms with E-state index >= 15 is 0 Å². The maximum Gasteiger partial charge on any atom is 0.573 e. The van der Waals surface area contributed by atoms with E-state index in [2.05, 4.69) is 20.0 Å². The second kappa shape index (κ2) is 5.84. The van der Waals surface area contributed by atoms with Crippen molar-refractivity contribution in [2.24, 2.45) is 0 Å². The van der Waals surface area contributed by atoms with Crippen LogP contribution < -0.4 is 10.1 Å². The van der Waals surface area contributed by atoms with E-state index in [0.29, 0.717) is 10.2 Å². The van der Waals surface area contributed by atoms with Gasteiger partial charge in [-0.3, -0.25) is 15.1 Å². The van der Waals surface area contributed by atoms with Crippen molar-refractivity contribution in [2.45, 2.75) is 6.36 Å². The molecule has 0 bridgehead atoms. The summed E-state index contributed by atoms with van der Waals surface area (Å²) < 4.78 is 40.9. The molecule has 0 unspecified atom stereocenters. The molecule has 0 atom stereocenters. The number of carbonyl (C=O) groups is 1. The molecule has 0 radical (unpaired) electrons. The van der Waals surface area contributed by atoms with Crippen molar-refractivity contribution in [1.82, 2.24) is 9.97 Å². The molecule has 0 spiro atoms. The molecule has 2 heterocycles. The minimum atomic E-state index is -4.76. The Hall–Kier alpha value is -2.68. The maximum atomic E-state index is 12.2. The molecule has 0 aliphatic carbocycles. The van der Waals surface area contributed by atoms with Crippen LogP contribution in [0.5, 0.6) is 5.75 Å². The lowest BCUT2D eigenvalue weighted by Crippen LogP contribution is -2.16. The van der Waals surface area contributed by atoms with Crippen LogP contribution in [0.4, 0.5) is 18.3 Å². The third-order valence-electron chi connectivity index (χ3n) is 2.71. The number of thiazole rings is 1. The minimum Gasteiger partial charge on any atom is -0.406 e. The van der Waals surface area contributed by atoms with E-state index < -0.39 is 12.3 Å². The molecule has 0 saturated carbocycles. The lowest BCUT2D eigenvalue weighted by Gasteiger charge is -2.07. The Morgan fingerprint density at radius 1 is 1.22 bits per heavy atom. The Morgan fingerprint density at radius 2 is 2.04 bits per heavy atom. The fourth-order valence-electron chi connectivity index (χ4n) is 1.81. The molecule has 3 aromatic rings. The summed E-state index contributed by atoms with van der Waals surface area (Å²) in [7, 11) is 0. The Bertz CT molecular complexity index is 849. The molecule has 23 heavy (non-hydrogen) atoms. The molecule has 1 amide bonds. The molecule has 118 valence electrons. The van der Waals surface area contributed by atoms with Crippen LogP contribution in [0.2, 0.25) is 0 Å². The fraction of sp³-hybridized carbons (Fsp3) is 0.0714. The summed E-state index contributed by atoms with van der Waals surface area (Å²) in [5.74, 6) is -0.785. The van der Waals surface area contributed by atoms with Gasteiger partial charge in [0.25, 0.3) is 5.91 Å². The van der Waals surface area contributed by atoms with E-state index in [0.717, 1.165) is 11.3 Å². The highest BCUT2D eigenvalue weighted by Crippen LogP contribution is 2.31. The normalized spacial score (nSPS) is 11.4. The largest absolute Gasteiger partial charge is 0.573 e. The molecule has 0 saturated heterocycles. The summed E-state index contributed by atoms with van der Waals surface area (Å²) in [6, 6.07) is 8.66. The average molecular weight is 339 g/mol.